The number of carbonyl (C=O) groups is 1. The quantitative estimate of drug-likeness (QED) is 0.854. The molecular weight excluding hydrogens is 252 g/mol. The lowest BCUT2D eigenvalue weighted by Gasteiger charge is -2.33. The molecule has 106 valence electrons. The summed E-state index contributed by atoms with van der Waals surface area (Å²) in [5.41, 5.74) is 0.772. The van der Waals surface area contributed by atoms with Crippen LogP contribution in [0.15, 0.2) is 37.1 Å². The van der Waals surface area contributed by atoms with Gasteiger partial charge in [-0.05, 0) is 30.9 Å². The standard InChI is InChI=1S/C15H20N4O/c1-17-7-3-5-14(17)15(20)19-8-2-4-13(11-19)10-18-9-6-16-12-18/h3,5-7,9,12-13H,2,4,8,10-11H2,1H3/t13-/m1/s1. The van der Waals surface area contributed by atoms with Crippen molar-refractivity contribution >= 4 is 5.91 Å². The van der Waals surface area contributed by atoms with Gasteiger partial charge >= 0.3 is 0 Å². The maximum Gasteiger partial charge on any atom is 0.270 e. The molecule has 0 saturated carbocycles. The molecule has 1 saturated heterocycles. The molecule has 3 rings (SSSR count). The summed E-state index contributed by atoms with van der Waals surface area (Å²) in [5.74, 6) is 0.662. The van der Waals surface area contributed by atoms with E-state index < -0.39 is 0 Å². The van der Waals surface area contributed by atoms with E-state index in [9.17, 15) is 4.79 Å². The Labute approximate surface area is 118 Å². The van der Waals surface area contributed by atoms with Crippen LogP contribution in [0.3, 0.4) is 0 Å². The number of nitrogens with zero attached hydrogens (tertiary/aromatic N) is 4. The van der Waals surface area contributed by atoms with E-state index in [2.05, 4.69) is 9.55 Å². The highest BCUT2D eigenvalue weighted by molar-refractivity contribution is 5.92. The Balaban J connectivity index is 1.66. The number of hydrogen-bond donors (Lipinski definition) is 0. The van der Waals surface area contributed by atoms with E-state index in [4.69, 9.17) is 0 Å². The third-order valence-electron chi connectivity index (χ3n) is 4.00. The molecule has 0 bridgehead atoms. The fourth-order valence-corrected chi connectivity index (χ4v) is 2.94. The first-order valence-corrected chi connectivity index (χ1v) is 7.10. The zero-order valence-corrected chi connectivity index (χ0v) is 11.8. The molecule has 0 unspecified atom stereocenters. The minimum absolute atomic E-state index is 0.146. The Morgan fingerprint density at radius 2 is 2.35 bits per heavy atom. The van der Waals surface area contributed by atoms with Gasteiger partial charge in [0.2, 0.25) is 0 Å². The van der Waals surface area contributed by atoms with E-state index >= 15 is 0 Å². The summed E-state index contributed by atoms with van der Waals surface area (Å²) in [7, 11) is 1.92. The van der Waals surface area contributed by atoms with Gasteiger partial charge in [0, 0.05) is 45.3 Å². The smallest absolute Gasteiger partial charge is 0.270 e. The first-order valence-electron chi connectivity index (χ1n) is 7.10. The number of carbonyl (C=O) groups excluding carboxylic acids is 1. The van der Waals surface area contributed by atoms with E-state index in [0.717, 1.165) is 31.7 Å². The maximum absolute atomic E-state index is 12.5. The molecule has 5 nitrogen and oxygen atoms in total. The summed E-state index contributed by atoms with van der Waals surface area (Å²) in [6, 6.07) is 3.81. The number of rotatable bonds is 3. The van der Waals surface area contributed by atoms with Crippen molar-refractivity contribution in [1.82, 2.24) is 19.0 Å². The van der Waals surface area contributed by atoms with Crippen molar-refractivity contribution in [3.05, 3.63) is 42.7 Å². The molecule has 5 heteroatoms. The molecule has 20 heavy (non-hydrogen) atoms. The van der Waals surface area contributed by atoms with Crippen LogP contribution in [0, 0.1) is 5.92 Å². The predicted molar refractivity (Wildman–Crippen MR) is 76.3 cm³/mol. The van der Waals surface area contributed by atoms with Crippen molar-refractivity contribution < 1.29 is 4.79 Å². The second-order valence-electron chi connectivity index (χ2n) is 5.52. The van der Waals surface area contributed by atoms with Gasteiger partial charge < -0.3 is 14.0 Å². The van der Waals surface area contributed by atoms with E-state index in [-0.39, 0.29) is 5.91 Å². The molecule has 0 aromatic carbocycles. The summed E-state index contributed by atoms with van der Waals surface area (Å²) in [5, 5.41) is 0. The topological polar surface area (TPSA) is 43.1 Å². The first-order chi connectivity index (χ1) is 9.74. The number of aryl methyl sites for hydroxylation is 1. The average Bonchev–Trinajstić information content (AvgIpc) is 3.10. The monoisotopic (exact) mass is 272 g/mol. The van der Waals surface area contributed by atoms with Crippen molar-refractivity contribution in [2.45, 2.75) is 19.4 Å². The summed E-state index contributed by atoms with van der Waals surface area (Å²) >= 11 is 0. The molecule has 1 aliphatic heterocycles. The van der Waals surface area contributed by atoms with Gasteiger partial charge in [0.15, 0.2) is 0 Å². The second kappa shape index (κ2) is 5.53. The van der Waals surface area contributed by atoms with E-state index in [1.807, 2.05) is 47.4 Å². The molecule has 2 aromatic rings. The minimum atomic E-state index is 0.146. The van der Waals surface area contributed by atoms with Crippen molar-refractivity contribution in [2.24, 2.45) is 13.0 Å². The molecule has 3 heterocycles. The number of piperidine rings is 1. The van der Waals surface area contributed by atoms with Crippen LogP contribution in [0.4, 0.5) is 0 Å². The van der Waals surface area contributed by atoms with Gasteiger partial charge in [-0.2, -0.15) is 0 Å². The molecule has 1 amide bonds. The van der Waals surface area contributed by atoms with Crippen molar-refractivity contribution in [3.8, 4) is 0 Å². The lowest BCUT2D eigenvalue weighted by molar-refractivity contribution is 0.0652. The molecule has 0 aliphatic carbocycles. The third kappa shape index (κ3) is 2.61. The Bertz CT molecular complexity index is 572. The third-order valence-corrected chi connectivity index (χ3v) is 4.00. The fourth-order valence-electron chi connectivity index (χ4n) is 2.94. The highest BCUT2D eigenvalue weighted by Gasteiger charge is 2.25. The van der Waals surface area contributed by atoms with Crippen molar-refractivity contribution in [3.63, 3.8) is 0 Å². The summed E-state index contributed by atoms with van der Waals surface area (Å²) in [6.45, 7) is 2.64. The van der Waals surface area contributed by atoms with Crippen LogP contribution < -0.4 is 0 Å². The number of likely N-dealkylation sites (tertiary alicyclic amines) is 1. The van der Waals surface area contributed by atoms with Crippen LogP contribution in [0.5, 0.6) is 0 Å². The Kier molecular flexibility index (Phi) is 3.58. The van der Waals surface area contributed by atoms with Crippen molar-refractivity contribution in [1.29, 1.82) is 0 Å². The van der Waals surface area contributed by atoms with Crippen LogP contribution in [-0.2, 0) is 13.6 Å². The Morgan fingerprint density at radius 1 is 1.45 bits per heavy atom. The molecule has 1 aliphatic rings. The van der Waals surface area contributed by atoms with Crippen LogP contribution in [0.25, 0.3) is 0 Å². The van der Waals surface area contributed by atoms with Gasteiger partial charge in [-0.1, -0.05) is 0 Å². The lowest BCUT2D eigenvalue weighted by Crippen LogP contribution is -2.41. The summed E-state index contributed by atoms with van der Waals surface area (Å²) in [6.07, 6.45) is 9.80. The molecule has 1 atom stereocenters. The first kappa shape index (κ1) is 13.0. The lowest BCUT2D eigenvalue weighted by atomic mass is 9.97. The van der Waals surface area contributed by atoms with Gasteiger partial charge in [-0.15, -0.1) is 0 Å². The van der Waals surface area contributed by atoms with Crippen LogP contribution in [0.2, 0.25) is 0 Å². The molecule has 1 fully saturated rings. The number of amides is 1. The molecule has 0 spiro atoms. The summed E-state index contributed by atoms with van der Waals surface area (Å²) in [4.78, 5) is 18.6. The van der Waals surface area contributed by atoms with E-state index in [1.54, 1.807) is 6.20 Å². The van der Waals surface area contributed by atoms with Crippen LogP contribution >= 0.6 is 0 Å². The molecule has 0 radical (unpaired) electrons. The van der Waals surface area contributed by atoms with Gasteiger partial charge in [0.25, 0.3) is 5.91 Å². The normalized spacial score (nSPS) is 19.2. The predicted octanol–water partition coefficient (Wildman–Crippen LogP) is 1.77. The molecular formula is C15H20N4O. The van der Waals surface area contributed by atoms with Crippen LogP contribution in [0.1, 0.15) is 23.3 Å². The fraction of sp³-hybridized carbons (Fsp3) is 0.467. The maximum atomic E-state index is 12.5. The highest BCUT2D eigenvalue weighted by Crippen LogP contribution is 2.20. The van der Waals surface area contributed by atoms with Crippen molar-refractivity contribution in [2.75, 3.05) is 13.1 Å². The SMILES string of the molecule is Cn1cccc1C(=O)N1CCC[C@H](Cn2ccnc2)C1. The Morgan fingerprint density at radius 3 is 3.05 bits per heavy atom. The summed E-state index contributed by atoms with van der Waals surface area (Å²) < 4.78 is 3.99. The van der Waals surface area contributed by atoms with Gasteiger partial charge in [0.05, 0.1) is 6.33 Å². The zero-order valence-electron chi connectivity index (χ0n) is 11.8. The molecule has 0 N–H and O–H groups in total. The second-order valence-corrected chi connectivity index (χ2v) is 5.52. The largest absolute Gasteiger partial charge is 0.347 e. The Hall–Kier alpha value is -2.04. The van der Waals surface area contributed by atoms with Gasteiger partial charge in [-0.3, -0.25) is 4.79 Å². The zero-order chi connectivity index (χ0) is 13.9. The van der Waals surface area contributed by atoms with E-state index in [0.29, 0.717) is 5.92 Å². The minimum Gasteiger partial charge on any atom is -0.347 e. The molecule has 2 aromatic heterocycles. The average molecular weight is 272 g/mol. The van der Waals surface area contributed by atoms with Gasteiger partial charge in [0.1, 0.15) is 5.69 Å². The van der Waals surface area contributed by atoms with Crippen LogP contribution in [-0.4, -0.2) is 38.0 Å². The van der Waals surface area contributed by atoms with E-state index in [1.165, 1.54) is 6.42 Å². The number of hydrogen-bond acceptors (Lipinski definition) is 2. The number of aromatic nitrogens is 3. The van der Waals surface area contributed by atoms with Gasteiger partial charge in [-0.25, -0.2) is 4.98 Å². The number of imidazole rings is 1. The highest BCUT2D eigenvalue weighted by atomic mass is 16.2.